The van der Waals surface area contributed by atoms with E-state index in [-0.39, 0.29) is 12.0 Å². The van der Waals surface area contributed by atoms with Crippen molar-refractivity contribution in [1.82, 2.24) is 0 Å². The van der Waals surface area contributed by atoms with E-state index in [1.165, 1.54) is 5.56 Å². The lowest BCUT2D eigenvalue weighted by Crippen LogP contribution is -2.16. The molecule has 4 heteroatoms. The van der Waals surface area contributed by atoms with Gasteiger partial charge in [-0.2, -0.15) is 0 Å². The zero-order valence-electron chi connectivity index (χ0n) is 10.7. The minimum absolute atomic E-state index is 0.220. The van der Waals surface area contributed by atoms with Gasteiger partial charge >= 0.3 is 5.97 Å². The molecule has 0 aromatic heterocycles. The molecule has 0 aliphatic carbocycles. The molecule has 96 valence electrons. The van der Waals surface area contributed by atoms with E-state index in [1.54, 1.807) is 14.0 Å². The molecule has 0 saturated carbocycles. The smallest absolute Gasteiger partial charge is 0.336 e. The van der Waals surface area contributed by atoms with Gasteiger partial charge < -0.3 is 9.47 Å². The SMILES string of the molecule is CCOC(=O)[C@H]1N=C1CCc1ccc(OC)cc1. The van der Waals surface area contributed by atoms with Gasteiger partial charge in [-0.15, -0.1) is 0 Å². The van der Waals surface area contributed by atoms with Crippen LogP contribution in [0.4, 0.5) is 0 Å². The molecule has 18 heavy (non-hydrogen) atoms. The fourth-order valence-corrected chi connectivity index (χ4v) is 1.80. The van der Waals surface area contributed by atoms with Crippen LogP contribution >= 0.6 is 0 Å². The van der Waals surface area contributed by atoms with Crippen LogP contribution in [0, 0.1) is 0 Å². The van der Waals surface area contributed by atoms with Gasteiger partial charge in [-0.3, -0.25) is 4.99 Å². The number of aliphatic imine (C=N–C) groups is 1. The van der Waals surface area contributed by atoms with Crippen molar-refractivity contribution >= 4 is 11.7 Å². The summed E-state index contributed by atoms with van der Waals surface area (Å²) >= 11 is 0. The van der Waals surface area contributed by atoms with Crippen LogP contribution in [0.1, 0.15) is 18.9 Å². The van der Waals surface area contributed by atoms with Crippen molar-refractivity contribution < 1.29 is 14.3 Å². The number of esters is 1. The maximum absolute atomic E-state index is 11.4. The first-order chi connectivity index (χ1) is 8.74. The lowest BCUT2D eigenvalue weighted by atomic mass is 10.1. The molecule has 1 heterocycles. The molecule has 0 unspecified atom stereocenters. The predicted molar refractivity (Wildman–Crippen MR) is 69.2 cm³/mol. The Balaban J connectivity index is 1.76. The highest BCUT2D eigenvalue weighted by atomic mass is 16.5. The van der Waals surface area contributed by atoms with Crippen LogP contribution in [0.2, 0.25) is 0 Å². The Labute approximate surface area is 107 Å². The second kappa shape index (κ2) is 5.67. The number of carbonyl (C=O) groups excluding carboxylic acids is 1. The molecular weight excluding hydrogens is 230 g/mol. The van der Waals surface area contributed by atoms with Crippen molar-refractivity contribution in [2.45, 2.75) is 25.8 Å². The normalized spacial score (nSPS) is 17.0. The molecule has 1 aromatic rings. The molecule has 0 saturated heterocycles. The summed E-state index contributed by atoms with van der Waals surface area (Å²) in [6.07, 6.45) is 1.70. The number of methoxy groups -OCH3 is 1. The molecule has 0 spiro atoms. The van der Waals surface area contributed by atoms with Crippen molar-refractivity contribution in [2.24, 2.45) is 4.99 Å². The number of benzene rings is 1. The van der Waals surface area contributed by atoms with Gasteiger partial charge in [-0.05, 0) is 37.5 Å². The standard InChI is InChI=1S/C14H17NO3/c1-3-18-14(16)13-12(15-13)9-6-10-4-7-11(17-2)8-5-10/h4-5,7-8,13H,3,6,9H2,1-2H3/t13-/m0/s1. The molecule has 0 N–H and O–H groups in total. The highest BCUT2D eigenvalue weighted by molar-refractivity contribution is 6.16. The molecule has 2 rings (SSSR count). The second-order valence-electron chi connectivity index (χ2n) is 4.12. The van der Waals surface area contributed by atoms with Crippen molar-refractivity contribution in [3.63, 3.8) is 0 Å². The van der Waals surface area contributed by atoms with E-state index in [4.69, 9.17) is 9.47 Å². The third-order valence-electron chi connectivity index (χ3n) is 2.88. The minimum Gasteiger partial charge on any atom is -0.497 e. The Morgan fingerprint density at radius 3 is 2.61 bits per heavy atom. The average Bonchev–Trinajstić information content (AvgIpc) is 3.17. The van der Waals surface area contributed by atoms with E-state index < -0.39 is 0 Å². The fraction of sp³-hybridized carbons (Fsp3) is 0.429. The van der Waals surface area contributed by atoms with Gasteiger partial charge in [-0.1, -0.05) is 12.1 Å². The summed E-state index contributed by atoms with van der Waals surface area (Å²) in [5, 5.41) is 0. The molecule has 1 aliphatic heterocycles. The van der Waals surface area contributed by atoms with Gasteiger partial charge in [0, 0.05) is 0 Å². The number of rotatable bonds is 6. The van der Waals surface area contributed by atoms with Crippen LogP contribution in [-0.4, -0.2) is 31.4 Å². The topological polar surface area (TPSA) is 47.9 Å². The molecule has 0 radical (unpaired) electrons. The first kappa shape index (κ1) is 12.6. The molecule has 1 aliphatic rings. The van der Waals surface area contributed by atoms with Crippen LogP contribution in [0.3, 0.4) is 0 Å². The van der Waals surface area contributed by atoms with Crippen LogP contribution in [0.15, 0.2) is 29.3 Å². The first-order valence-corrected chi connectivity index (χ1v) is 6.10. The molecule has 0 bridgehead atoms. The number of aryl methyl sites for hydroxylation is 1. The van der Waals surface area contributed by atoms with E-state index in [1.807, 2.05) is 24.3 Å². The van der Waals surface area contributed by atoms with E-state index in [0.717, 1.165) is 24.3 Å². The number of carbonyl (C=O) groups is 1. The summed E-state index contributed by atoms with van der Waals surface area (Å²) in [4.78, 5) is 15.5. The molecule has 0 amide bonds. The number of nitrogens with zero attached hydrogens (tertiary/aromatic N) is 1. The van der Waals surface area contributed by atoms with Crippen molar-refractivity contribution in [1.29, 1.82) is 0 Å². The molecule has 1 atom stereocenters. The quantitative estimate of drug-likeness (QED) is 0.722. The average molecular weight is 247 g/mol. The summed E-state index contributed by atoms with van der Waals surface area (Å²) < 4.78 is 10.0. The first-order valence-electron chi connectivity index (χ1n) is 6.10. The zero-order chi connectivity index (χ0) is 13.0. The second-order valence-corrected chi connectivity index (χ2v) is 4.12. The summed E-state index contributed by atoms with van der Waals surface area (Å²) in [7, 11) is 1.65. The summed E-state index contributed by atoms with van der Waals surface area (Å²) in [6.45, 7) is 2.22. The van der Waals surface area contributed by atoms with Crippen molar-refractivity contribution in [3.8, 4) is 5.75 Å². The fourth-order valence-electron chi connectivity index (χ4n) is 1.80. The minimum atomic E-state index is -0.303. The van der Waals surface area contributed by atoms with Gasteiger partial charge in [0.25, 0.3) is 0 Å². The number of hydrogen-bond acceptors (Lipinski definition) is 4. The monoisotopic (exact) mass is 247 g/mol. The molecular formula is C14H17NO3. The Bertz CT molecular complexity index is 451. The van der Waals surface area contributed by atoms with Gasteiger partial charge in [0.1, 0.15) is 5.75 Å². The van der Waals surface area contributed by atoms with Gasteiger partial charge in [-0.25, -0.2) is 4.79 Å². The van der Waals surface area contributed by atoms with Crippen LogP contribution in [0.5, 0.6) is 5.75 Å². The van der Waals surface area contributed by atoms with Gasteiger partial charge in [0.15, 0.2) is 6.04 Å². The Hall–Kier alpha value is -1.84. The lowest BCUT2D eigenvalue weighted by Gasteiger charge is -2.02. The van der Waals surface area contributed by atoms with Gasteiger partial charge in [0.2, 0.25) is 0 Å². The van der Waals surface area contributed by atoms with Crippen molar-refractivity contribution in [3.05, 3.63) is 29.8 Å². The Morgan fingerprint density at radius 1 is 1.28 bits per heavy atom. The Morgan fingerprint density at radius 2 is 2.00 bits per heavy atom. The largest absolute Gasteiger partial charge is 0.497 e. The number of ether oxygens (including phenoxy) is 2. The van der Waals surface area contributed by atoms with E-state index in [0.29, 0.717) is 6.61 Å². The lowest BCUT2D eigenvalue weighted by molar-refractivity contribution is -0.142. The highest BCUT2D eigenvalue weighted by Crippen LogP contribution is 2.20. The number of hydrogen-bond donors (Lipinski definition) is 0. The van der Waals surface area contributed by atoms with E-state index in [9.17, 15) is 4.79 Å². The summed E-state index contributed by atoms with van der Waals surface area (Å²) in [5.74, 6) is 0.633. The summed E-state index contributed by atoms with van der Waals surface area (Å²) in [6, 6.07) is 7.63. The van der Waals surface area contributed by atoms with Crippen LogP contribution in [0.25, 0.3) is 0 Å². The zero-order valence-corrected chi connectivity index (χ0v) is 10.7. The maximum atomic E-state index is 11.4. The van der Waals surface area contributed by atoms with E-state index in [2.05, 4.69) is 4.99 Å². The van der Waals surface area contributed by atoms with Crippen LogP contribution < -0.4 is 4.74 Å². The molecule has 4 nitrogen and oxygen atoms in total. The van der Waals surface area contributed by atoms with Gasteiger partial charge in [0.05, 0.1) is 19.4 Å². The molecule has 1 aromatic carbocycles. The third kappa shape index (κ3) is 3.09. The predicted octanol–water partition coefficient (Wildman–Crippen LogP) is 2.01. The Kier molecular flexibility index (Phi) is 3.97. The highest BCUT2D eigenvalue weighted by Gasteiger charge is 2.35. The third-order valence-corrected chi connectivity index (χ3v) is 2.88. The van der Waals surface area contributed by atoms with Crippen molar-refractivity contribution in [2.75, 3.05) is 13.7 Å². The molecule has 0 fully saturated rings. The maximum Gasteiger partial charge on any atom is 0.336 e. The van der Waals surface area contributed by atoms with Crippen LogP contribution in [-0.2, 0) is 16.0 Å². The summed E-state index contributed by atoms with van der Waals surface area (Å²) in [5.41, 5.74) is 2.16. The van der Waals surface area contributed by atoms with E-state index >= 15 is 0 Å².